The molecule has 2 heterocycles. The number of ether oxygens (including phenoxy) is 1. The van der Waals surface area contributed by atoms with Crippen LogP contribution in [-0.4, -0.2) is 44.2 Å². The monoisotopic (exact) mass is 275 g/mol. The second-order valence-electron chi connectivity index (χ2n) is 4.38. The molecule has 18 heavy (non-hydrogen) atoms. The molecule has 6 nitrogen and oxygen atoms in total. The first-order valence-electron chi connectivity index (χ1n) is 5.35. The molecule has 100 valence electrons. The van der Waals surface area contributed by atoms with Crippen molar-refractivity contribution in [2.24, 2.45) is 0 Å². The Morgan fingerprint density at radius 1 is 1.72 bits per heavy atom. The maximum absolute atomic E-state index is 13.9. The summed E-state index contributed by atoms with van der Waals surface area (Å²) in [6.07, 6.45) is -2.39. The fourth-order valence-electron chi connectivity index (χ4n) is 1.97. The van der Waals surface area contributed by atoms with Crippen LogP contribution in [-0.2, 0) is 4.74 Å². The lowest BCUT2D eigenvalue weighted by Gasteiger charge is -2.26. The van der Waals surface area contributed by atoms with Crippen molar-refractivity contribution in [1.82, 2.24) is 9.55 Å². The number of nitrogens with two attached hydrogens (primary N) is 1. The SMILES string of the molecule is CC1(O)C(F)C(CO)OC1n1ccc(N)nc1=S. The van der Waals surface area contributed by atoms with Crippen molar-refractivity contribution in [2.75, 3.05) is 12.3 Å². The summed E-state index contributed by atoms with van der Waals surface area (Å²) < 4.78 is 20.6. The van der Waals surface area contributed by atoms with Crippen LogP contribution in [0.25, 0.3) is 0 Å². The van der Waals surface area contributed by atoms with E-state index < -0.39 is 30.7 Å². The van der Waals surface area contributed by atoms with Crippen molar-refractivity contribution in [3.8, 4) is 0 Å². The van der Waals surface area contributed by atoms with Crippen LogP contribution in [0.1, 0.15) is 13.2 Å². The second-order valence-corrected chi connectivity index (χ2v) is 4.74. The van der Waals surface area contributed by atoms with Crippen molar-refractivity contribution in [3.05, 3.63) is 17.0 Å². The second kappa shape index (κ2) is 4.54. The molecule has 8 heteroatoms. The highest BCUT2D eigenvalue weighted by Gasteiger charge is 2.54. The topological polar surface area (TPSA) is 93.5 Å². The molecule has 0 bridgehead atoms. The predicted molar refractivity (Wildman–Crippen MR) is 64.0 cm³/mol. The number of rotatable bonds is 2. The largest absolute Gasteiger partial charge is 0.394 e. The molecular formula is C10H14FN3O3S. The van der Waals surface area contributed by atoms with Crippen LogP contribution in [0.2, 0.25) is 0 Å². The highest BCUT2D eigenvalue weighted by atomic mass is 32.1. The molecule has 0 radical (unpaired) electrons. The molecule has 0 saturated carbocycles. The van der Waals surface area contributed by atoms with Crippen LogP contribution >= 0.6 is 12.2 Å². The summed E-state index contributed by atoms with van der Waals surface area (Å²) in [4.78, 5) is 3.84. The van der Waals surface area contributed by atoms with Gasteiger partial charge in [-0.3, -0.25) is 4.57 Å². The van der Waals surface area contributed by atoms with Crippen molar-refractivity contribution in [2.45, 2.75) is 31.0 Å². The summed E-state index contributed by atoms with van der Waals surface area (Å²) in [6.45, 7) is 0.764. The number of alkyl halides is 1. The van der Waals surface area contributed by atoms with Gasteiger partial charge >= 0.3 is 0 Å². The Labute approximate surface area is 108 Å². The van der Waals surface area contributed by atoms with Crippen molar-refractivity contribution in [1.29, 1.82) is 0 Å². The van der Waals surface area contributed by atoms with Gasteiger partial charge in [-0.2, -0.15) is 0 Å². The average Bonchev–Trinajstić information content (AvgIpc) is 2.52. The lowest BCUT2D eigenvalue weighted by molar-refractivity contribution is -0.0923. The number of aromatic nitrogens is 2. The molecule has 1 fully saturated rings. The third-order valence-electron chi connectivity index (χ3n) is 2.97. The van der Waals surface area contributed by atoms with Gasteiger partial charge in [0.1, 0.15) is 17.5 Å². The molecule has 0 aromatic carbocycles. The predicted octanol–water partition coefficient (Wildman–Crippen LogP) is 0.174. The number of hydrogen-bond acceptors (Lipinski definition) is 6. The van der Waals surface area contributed by atoms with E-state index in [9.17, 15) is 9.50 Å². The van der Waals surface area contributed by atoms with Gasteiger partial charge in [0.15, 0.2) is 12.4 Å². The minimum Gasteiger partial charge on any atom is -0.394 e. The standard InChI is InChI=1S/C10H14FN3O3S/c1-10(16)7(11)5(4-15)17-8(10)14-3-2-6(12)13-9(14)18/h2-3,5,7-8,15-16H,4H2,1H3,(H2,12,13,18). The molecule has 0 amide bonds. The van der Waals surface area contributed by atoms with Crippen molar-refractivity contribution >= 4 is 18.0 Å². The minimum atomic E-state index is -1.80. The Hall–Kier alpha value is -1.09. The number of halogens is 1. The van der Waals surface area contributed by atoms with Gasteiger partial charge in [0.2, 0.25) is 4.77 Å². The van der Waals surface area contributed by atoms with Crippen LogP contribution < -0.4 is 5.73 Å². The van der Waals surface area contributed by atoms with E-state index >= 15 is 0 Å². The third kappa shape index (κ3) is 2.01. The molecule has 1 saturated heterocycles. The van der Waals surface area contributed by atoms with Crippen molar-refractivity contribution < 1.29 is 19.3 Å². The number of nitrogen functional groups attached to an aromatic ring is 1. The van der Waals surface area contributed by atoms with Crippen molar-refractivity contribution in [3.63, 3.8) is 0 Å². The quantitative estimate of drug-likeness (QED) is 0.666. The Morgan fingerprint density at radius 2 is 2.39 bits per heavy atom. The Bertz CT molecular complexity index is 507. The van der Waals surface area contributed by atoms with Gasteiger partial charge in [0, 0.05) is 6.20 Å². The fourth-order valence-corrected chi connectivity index (χ4v) is 2.23. The highest BCUT2D eigenvalue weighted by molar-refractivity contribution is 7.71. The van der Waals surface area contributed by atoms with Crippen LogP contribution in [0.5, 0.6) is 0 Å². The molecule has 0 aliphatic carbocycles. The van der Waals surface area contributed by atoms with E-state index in [1.54, 1.807) is 0 Å². The lowest BCUT2D eigenvalue weighted by Crippen LogP contribution is -2.41. The molecule has 1 aliphatic rings. The molecule has 2 rings (SSSR count). The molecule has 1 aliphatic heterocycles. The smallest absolute Gasteiger partial charge is 0.203 e. The van der Waals surface area contributed by atoms with E-state index in [0.29, 0.717) is 0 Å². The summed E-state index contributed by atoms with van der Waals surface area (Å²) in [5.41, 5.74) is 3.66. The van der Waals surface area contributed by atoms with Crippen LogP contribution in [0.4, 0.5) is 10.2 Å². The Balaban J connectivity index is 2.42. The van der Waals surface area contributed by atoms with E-state index in [4.69, 9.17) is 27.8 Å². The molecule has 4 atom stereocenters. The van der Waals surface area contributed by atoms with E-state index in [-0.39, 0.29) is 10.6 Å². The number of anilines is 1. The maximum Gasteiger partial charge on any atom is 0.203 e. The van der Waals surface area contributed by atoms with Gasteiger partial charge in [-0.15, -0.1) is 0 Å². The molecule has 1 aromatic rings. The lowest BCUT2D eigenvalue weighted by atomic mass is 9.98. The van der Waals surface area contributed by atoms with Gasteiger partial charge in [0.05, 0.1) is 6.61 Å². The minimum absolute atomic E-state index is 0.0751. The Morgan fingerprint density at radius 3 is 2.89 bits per heavy atom. The number of hydrogen-bond donors (Lipinski definition) is 3. The van der Waals surface area contributed by atoms with Crippen LogP contribution in [0, 0.1) is 4.77 Å². The number of aliphatic hydroxyl groups is 2. The summed E-state index contributed by atoms with van der Waals surface area (Å²) in [5, 5.41) is 19.1. The summed E-state index contributed by atoms with van der Waals surface area (Å²) in [6, 6.07) is 1.47. The zero-order valence-electron chi connectivity index (χ0n) is 9.65. The fraction of sp³-hybridized carbons (Fsp3) is 0.600. The average molecular weight is 275 g/mol. The highest BCUT2D eigenvalue weighted by Crippen LogP contribution is 2.39. The van der Waals surface area contributed by atoms with Crippen LogP contribution in [0.15, 0.2) is 12.3 Å². The Kier molecular flexibility index (Phi) is 3.37. The first-order valence-corrected chi connectivity index (χ1v) is 5.76. The molecule has 4 N–H and O–H groups in total. The van der Waals surface area contributed by atoms with E-state index in [0.717, 1.165) is 0 Å². The van der Waals surface area contributed by atoms with Gasteiger partial charge in [-0.1, -0.05) is 0 Å². The van der Waals surface area contributed by atoms with Gasteiger partial charge < -0.3 is 20.7 Å². The zero-order chi connectivity index (χ0) is 13.5. The van der Waals surface area contributed by atoms with Gasteiger partial charge in [-0.25, -0.2) is 9.37 Å². The molecule has 0 spiro atoms. The number of nitrogens with zero attached hydrogens (tertiary/aromatic N) is 2. The summed E-state index contributed by atoms with van der Waals surface area (Å²) in [7, 11) is 0. The maximum atomic E-state index is 13.9. The number of aliphatic hydroxyl groups excluding tert-OH is 1. The third-order valence-corrected chi connectivity index (χ3v) is 3.27. The van der Waals surface area contributed by atoms with Gasteiger partial charge in [-0.05, 0) is 25.2 Å². The van der Waals surface area contributed by atoms with Gasteiger partial charge in [0.25, 0.3) is 0 Å². The molecule has 4 unspecified atom stereocenters. The van der Waals surface area contributed by atoms with Crippen LogP contribution in [0.3, 0.4) is 0 Å². The molecule has 1 aromatic heterocycles. The van der Waals surface area contributed by atoms with E-state index in [2.05, 4.69) is 4.98 Å². The zero-order valence-corrected chi connectivity index (χ0v) is 10.5. The normalized spacial score (nSPS) is 35.9. The van der Waals surface area contributed by atoms with E-state index in [1.165, 1.54) is 23.8 Å². The first-order chi connectivity index (χ1) is 8.37. The van der Waals surface area contributed by atoms with E-state index in [1.807, 2.05) is 0 Å². The molecular weight excluding hydrogens is 261 g/mol. The summed E-state index contributed by atoms with van der Waals surface area (Å²) in [5.74, 6) is 0.226. The first kappa shape index (κ1) is 13.3. The summed E-state index contributed by atoms with van der Waals surface area (Å²) >= 11 is 4.99.